The highest BCUT2D eigenvalue weighted by atomic mass is 31.2. The lowest BCUT2D eigenvalue weighted by Crippen LogP contribution is -2.18. The summed E-state index contributed by atoms with van der Waals surface area (Å²) in [7, 11) is -3.22. The molecule has 4 heteroatoms. The molecule has 22 heavy (non-hydrogen) atoms. The molecule has 1 aromatic carbocycles. The van der Waals surface area contributed by atoms with Gasteiger partial charge < -0.3 is 9.05 Å². The minimum atomic E-state index is -3.22. The summed E-state index contributed by atoms with van der Waals surface area (Å²) in [6, 6.07) is 6.05. The van der Waals surface area contributed by atoms with Crippen LogP contribution in [0.5, 0.6) is 0 Å². The van der Waals surface area contributed by atoms with Crippen molar-refractivity contribution in [3.05, 3.63) is 29.3 Å². The number of benzene rings is 1. The molecule has 0 amide bonds. The Balaban J connectivity index is 3.26. The van der Waals surface area contributed by atoms with Gasteiger partial charge in [0, 0.05) is 0 Å². The second-order valence-corrected chi connectivity index (χ2v) is 7.57. The Kier molecular flexibility index (Phi) is 9.00. The lowest BCUT2D eigenvalue weighted by molar-refractivity contribution is 0.213. The van der Waals surface area contributed by atoms with Crippen LogP contribution < -0.4 is 5.30 Å². The molecule has 0 unspecified atom stereocenters. The first-order chi connectivity index (χ1) is 10.6. The topological polar surface area (TPSA) is 35.5 Å². The van der Waals surface area contributed by atoms with Gasteiger partial charge in [-0.3, -0.25) is 4.57 Å². The van der Waals surface area contributed by atoms with E-state index in [1.54, 1.807) is 0 Å². The maximum Gasteiger partial charge on any atom is 0.361 e. The first kappa shape index (κ1) is 19.4. The number of rotatable bonds is 11. The Morgan fingerprint density at radius 1 is 0.864 bits per heavy atom. The molecule has 0 N–H and O–H groups in total. The summed E-state index contributed by atoms with van der Waals surface area (Å²) in [6.07, 6.45) is 5.69. The molecule has 1 rings (SSSR count). The van der Waals surface area contributed by atoms with Crippen LogP contribution in [0.2, 0.25) is 0 Å². The molecule has 0 bridgehead atoms. The second-order valence-electron chi connectivity index (χ2n) is 5.58. The Hall–Kier alpha value is -0.630. The fourth-order valence-corrected chi connectivity index (χ4v) is 4.57. The van der Waals surface area contributed by atoms with Crippen LogP contribution in [0.15, 0.2) is 18.2 Å². The predicted molar refractivity (Wildman–Crippen MR) is 94.2 cm³/mol. The number of aryl methyl sites for hydroxylation is 1. The summed E-state index contributed by atoms with van der Waals surface area (Å²) in [5.41, 5.74) is 2.45. The highest BCUT2D eigenvalue weighted by molar-refractivity contribution is 7.62. The summed E-state index contributed by atoms with van der Waals surface area (Å²) in [5, 5.41) is 0.780. The maximum atomic E-state index is 13.3. The van der Waals surface area contributed by atoms with Gasteiger partial charge in [0.2, 0.25) is 0 Å². The number of hydrogen-bond donors (Lipinski definition) is 0. The van der Waals surface area contributed by atoms with Gasteiger partial charge >= 0.3 is 7.60 Å². The molecule has 0 fully saturated rings. The summed E-state index contributed by atoms with van der Waals surface area (Å²) in [4.78, 5) is 0. The van der Waals surface area contributed by atoms with Crippen molar-refractivity contribution in [2.24, 2.45) is 0 Å². The van der Waals surface area contributed by atoms with Gasteiger partial charge in [-0.1, -0.05) is 52.7 Å². The van der Waals surface area contributed by atoms with Crippen molar-refractivity contribution in [2.45, 2.75) is 66.2 Å². The van der Waals surface area contributed by atoms with Crippen LogP contribution in [-0.2, 0) is 26.5 Å². The molecule has 0 aliphatic heterocycles. The molecule has 0 heterocycles. The largest absolute Gasteiger partial charge is 0.361 e. The molecule has 0 aliphatic carbocycles. The fourth-order valence-electron chi connectivity index (χ4n) is 2.52. The van der Waals surface area contributed by atoms with E-state index in [0.29, 0.717) is 13.2 Å². The summed E-state index contributed by atoms with van der Waals surface area (Å²) in [6.45, 7) is 9.28. The molecule has 0 aliphatic rings. The normalized spacial score (nSPS) is 11.8. The van der Waals surface area contributed by atoms with Crippen molar-refractivity contribution in [3.8, 4) is 0 Å². The van der Waals surface area contributed by atoms with Crippen LogP contribution in [-0.4, -0.2) is 13.2 Å². The average Bonchev–Trinajstić information content (AvgIpc) is 2.53. The van der Waals surface area contributed by atoms with Crippen molar-refractivity contribution in [1.29, 1.82) is 0 Å². The molecule has 126 valence electrons. The van der Waals surface area contributed by atoms with Crippen LogP contribution in [0.3, 0.4) is 0 Å². The molecule has 3 nitrogen and oxygen atoms in total. The second kappa shape index (κ2) is 10.2. The van der Waals surface area contributed by atoms with Gasteiger partial charge in [0.1, 0.15) is 0 Å². The summed E-state index contributed by atoms with van der Waals surface area (Å²) < 4.78 is 24.8. The van der Waals surface area contributed by atoms with Crippen molar-refractivity contribution in [3.63, 3.8) is 0 Å². The quantitative estimate of drug-likeness (QED) is 0.520. The van der Waals surface area contributed by atoms with Gasteiger partial charge in [-0.2, -0.15) is 0 Å². The van der Waals surface area contributed by atoms with Crippen LogP contribution in [0, 0.1) is 0 Å². The van der Waals surface area contributed by atoms with Crippen molar-refractivity contribution >= 4 is 12.9 Å². The Labute approximate surface area is 136 Å². The molecule has 0 aromatic heterocycles. The maximum absolute atomic E-state index is 13.3. The molecule has 0 radical (unpaired) electrons. The van der Waals surface area contributed by atoms with Gasteiger partial charge in [0.05, 0.1) is 18.5 Å². The van der Waals surface area contributed by atoms with E-state index in [-0.39, 0.29) is 0 Å². The summed E-state index contributed by atoms with van der Waals surface area (Å²) in [5.74, 6) is 0. The zero-order chi connectivity index (χ0) is 16.4. The Morgan fingerprint density at radius 3 is 1.95 bits per heavy atom. The van der Waals surface area contributed by atoms with Gasteiger partial charge in [-0.05, 0) is 42.9 Å². The molecule has 0 atom stereocenters. The van der Waals surface area contributed by atoms with Crippen LogP contribution in [0.1, 0.15) is 64.5 Å². The van der Waals surface area contributed by atoms with Crippen molar-refractivity contribution < 1.29 is 13.6 Å². The van der Waals surface area contributed by atoms with Gasteiger partial charge in [0.25, 0.3) is 0 Å². The van der Waals surface area contributed by atoms with Gasteiger partial charge in [0.15, 0.2) is 0 Å². The van der Waals surface area contributed by atoms with E-state index in [2.05, 4.69) is 19.9 Å². The SMILES string of the molecule is CCCOP(=O)(OCCC)c1cccc(CCC)c1CCC. The Morgan fingerprint density at radius 2 is 1.45 bits per heavy atom. The zero-order valence-electron chi connectivity index (χ0n) is 14.6. The van der Waals surface area contributed by atoms with Crippen LogP contribution >= 0.6 is 7.60 Å². The minimum Gasteiger partial charge on any atom is -0.305 e. The highest BCUT2D eigenvalue weighted by Crippen LogP contribution is 2.48. The molecule has 0 spiro atoms. The molecule has 0 saturated heterocycles. The first-order valence-corrected chi connectivity index (χ1v) is 10.2. The third-order valence-corrected chi connectivity index (χ3v) is 5.55. The molecular formula is C18H31O3P. The highest BCUT2D eigenvalue weighted by Gasteiger charge is 2.30. The van der Waals surface area contributed by atoms with E-state index in [1.165, 1.54) is 11.1 Å². The van der Waals surface area contributed by atoms with Crippen molar-refractivity contribution in [1.82, 2.24) is 0 Å². The zero-order valence-corrected chi connectivity index (χ0v) is 15.5. The lowest BCUT2D eigenvalue weighted by atomic mass is 10.00. The van der Waals surface area contributed by atoms with E-state index in [9.17, 15) is 4.57 Å². The van der Waals surface area contributed by atoms with Gasteiger partial charge in [-0.25, -0.2) is 0 Å². The van der Waals surface area contributed by atoms with E-state index in [0.717, 1.165) is 43.8 Å². The standard InChI is InChI=1S/C18H31O3P/c1-5-10-16-12-9-13-18(17(16)11-6-2)22(19,20-14-7-3)21-15-8-4/h9,12-13H,5-8,10-11,14-15H2,1-4H3. The fraction of sp³-hybridized carbons (Fsp3) is 0.667. The minimum absolute atomic E-state index is 0.463. The third kappa shape index (κ3) is 5.22. The van der Waals surface area contributed by atoms with E-state index >= 15 is 0 Å². The van der Waals surface area contributed by atoms with E-state index < -0.39 is 7.60 Å². The smallest absolute Gasteiger partial charge is 0.305 e. The monoisotopic (exact) mass is 326 g/mol. The van der Waals surface area contributed by atoms with Gasteiger partial charge in [-0.15, -0.1) is 0 Å². The van der Waals surface area contributed by atoms with Crippen LogP contribution in [0.4, 0.5) is 0 Å². The van der Waals surface area contributed by atoms with E-state index in [4.69, 9.17) is 9.05 Å². The van der Waals surface area contributed by atoms with E-state index in [1.807, 2.05) is 26.0 Å². The summed E-state index contributed by atoms with van der Waals surface area (Å²) >= 11 is 0. The molecule has 1 aromatic rings. The lowest BCUT2D eigenvalue weighted by Gasteiger charge is -2.22. The predicted octanol–water partition coefficient (Wildman–Crippen LogP) is 5.26. The number of hydrogen-bond acceptors (Lipinski definition) is 3. The average molecular weight is 326 g/mol. The molecule has 0 saturated carbocycles. The van der Waals surface area contributed by atoms with Crippen LogP contribution in [0.25, 0.3) is 0 Å². The Bertz CT molecular complexity index is 473. The third-order valence-electron chi connectivity index (χ3n) is 3.49. The molecular weight excluding hydrogens is 295 g/mol. The van der Waals surface area contributed by atoms with Crippen molar-refractivity contribution in [2.75, 3.05) is 13.2 Å². The first-order valence-electron chi connectivity index (χ1n) is 8.63.